The van der Waals surface area contributed by atoms with Crippen molar-refractivity contribution >= 4 is 23.5 Å². The first-order chi connectivity index (χ1) is 7.59. The van der Waals surface area contributed by atoms with E-state index in [-0.39, 0.29) is 28.9 Å². The molecule has 0 spiro atoms. The molecule has 0 saturated carbocycles. The van der Waals surface area contributed by atoms with Gasteiger partial charge >= 0.3 is 0 Å². The van der Waals surface area contributed by atoms with Crippen molar-refractivity contribution in [1.29, 1.82) is 0 Å². The molecule has 84 valence electrons. The first-order valence-electron chi connectivity index (χ1n) is 4.47. The topological polar surface area (TPSA) is 50.5 Å². The summed E-state index contributed by atoms with van der Waals surface area (Å²) in [6.07, 6.45) is 2.89. The Hall–Kier alpha value is -1.69. The SMILES string of the molecule is Cn1c(Cl)nc(C2=CC=NCN2F)cc1=O. The molecule has 0 fully saturated rings. The summed E-state index contributed by atoms with van der Waals surface area (Å²) < 4.78 is 14.5. The molecule has 0 radical (unpaired) electrons. The van der Waals surface area contributed by atoms with Gasteiger partial charge in [-0.25, -0.2) is 4.98 Å². The van der Waals surface area contributed by atoms with Crippen LogP contribution in [0.2, 0.25) is 5.28 Å². The summed E-state index contributed by atoms with van der Waals surface area (Å²) in [5.74, 6) is 0. The van der Waals surface area contributed by atoms with E-state index in [1.54, 1.807) is 0 Å². The van der Waals surface area contributed by atoms with Gasteiger partial charge in [0.1, 0.15) is 6.67 Å². The zero-order chi connectivity index (χ0) is 11.7. The Balaban J connectivity index is 2.53. The van der Waals surface area contributed by atoms with Crippen LogP contribution in [0.5, 0.6) is 0 Å². The molecule has 1 aliphatic heterocycles. The second kappa shape index (κ2) is 4.05. The largest absolute Gasteiger partial charge is 0.286 e. The van der Waals surface area contributed by atoms with Gasteiger partial charge < -0.3 is 0 Å². The van der Waals surface area contributed by atoms with Crippen molar-refractivity contribution < 1.29 is 4.48 Å². The van der Waals surface area contributed by atoms with Gasteiger partial charge in [-0.05, 0) is 17.7 Å². The molecule has 1 aromatic rings. The van der Waals surface area contributed by atoms with E-state index in [0.717, 1.165) is 0 Å². The molecule has 0 aromatic carbocycles. The molecular formula is C9H8ClFN4O. The molecule has 2 rings (SSSR count). The van der Waals surface area contributed by atoms with E-state index in [9.17, 15) is 9.28 Å². The highest BCUT2D eigenvalue weighted by molar-refractivity contribution is 6.28. The second-order valence-corrected chi connectivity index (χ2v) is 3.53. The van der Waals surface area contributed by atoms with Gasteiger partial charge in [0, 0.05) is 19.3 Å². The van der Waals surface area contributed by atoms with Gasteiger partial charge in [-0.3, -0.25) is 14.4 Å². The number of nitrogens with zero attached hydrogens (tertiary/aromatic N) is 4. The summed E-state index contributed by atoms with van der Waals surface area (Å²) in [5.41, 5.74) is 0.0307. The molecule has 0 bridgehead atoms. The lowest BCUT2D eigenvalue weighted by atomic mass is 10.2. The van der Waals surface area contributed by atoms with Crippen LogP contribution in [0.1, 0.15) is 5.69 Å². The molecule has 5 nitrogen and oxygen atoms in total. The van der Waals surface area contributed by atoms with Crippen LogP contribution in [0.25, 0.3) is 5.70 Å². The Kier molecular flexibility index (Phi) is 2.74. The number of halogens is 2. The van der Waals surface area contributed by atoms with Crippen LogP contribution in [0.3, 0.4) is 0 Å². The number of aromatic nitrogens is 2. The minimum Gasteiger partial charge on any atom is -0.286 e. The summed E-state index contributed by atoms with van der Waals surface area (Å²) in [6.45, 7) is -0.111. The Bertz CT molecular complexity index is 537. The minimum atomic E-state index is -0.341. The van der Waals surface area contributed by atoms with Gasteiger partial charge in [0.2, 0.25) is 5.28 Å². The van der Waals surface area contributed by atoms with Crippen LogP contribution in [0.4, 0.5) is 4.48 Å². The zero-order valence-electron chi connectivity index (χ0n) is 8.39. The third-order valence-corrected chi connectivity index (χ3v) is 2.49. The van der Waals surface area contributed by atoms with Crippen molar-refractivity contribution in [3.63, 3.8) is 0 Å². The van der Waals surface area contributed by atoms with Gasteiger partial charge in [-0.2, -0.15) is 5.12 Å². The molecule has 0 unspecified atom stereocenters. The summed E-state index contributed by atoms with van der Waals surface area (Å²) >= 11 is 5.74. The standard InChI is InChI=1S/C9H8ClFN4O/c1-14-8(16)4-6(13-9(14)10)7-2-3-12-5-15(7)11/h2-4H,5H2,1H3. The van der Waals surface area contributed by atoms with Crippen LogP contribution < -0.4 is 5.56 Å². The Morgan fingerprint density at radius 1 is 1.56 bits per heavy atom. The predicted molar refractivity (Wildman–Crippen MR) is 58.8 cm³/mol. The third kappa shape index (κ3) is 1.83. The Morgan fingerprint density at radius 3 is 2.94 bits per heavy atom. The monoisotopic (exact) mass is 242 g/mol. The molecule has 0 aliphatic carbocycles. The van der Waals surface area contributed by atoms with Gasteiger partial charge in [0.25, 0.3) is 5.56 Å². The fourth-order valence-electron chi connectivity index (χ4n) is 1.25. The van der Waals surface area contributed by atoms with Crippen molar-refractivity contribution in [3.8, 4) is 0 Å². The maximum Gasteiger partial charge on any atom is 0.254 e. The summed E-state index contributed by atoms with van der Waals surface area (Å²) in [7, 11) is 1.49. The summed E-state index contributed by atoms with van der Waals surface area (Å²) in [4.78, 5) is 19.1. The highest BCUT2D eigenvalue weighted by Crippen LogP contribution is 2.19. The molecule has 0 amide bonds. The Labute approximate surface area is 95.4 Å². The number of allylic oxidation sites excluding steroid dienone is 1. The van der Waals surface area contributed by atoms with E-state index in [4.69, 9.17) is 11.6 Å². The van der Waals surface area contributed by atoms with E-state index in [0.29, 0.717) is 5.12 Å². The molecule has 7 heteroatoms. The van der Waals surface area contributed by atoms with E-state index in [2.05, 4.69) is 9.98 Å². The van der Waals surface area contributed by atoms with E-state index < -0.39 is 0 Å². The van der Waals surface area contributed by atoms with Crippen molar-refractivity contribution in [2.75, 3.05) is 6.67 Å². The lowest BCUT2D eigenvalue weighted by molar-refractivity contribution is 0.109. The third-order valence-electron chi connectivity index (χ3n) is 2.15. The van der Waals surface area contributed by atoms with Gasteiger partial charge in [0.15, 0.2) is 0 Å². The predicted octanol–water partition coefficient (Wildman–Crippen LogP) is 1.00. The van der Waals surface area contributed by atoms with Gasteiger partial charge in [-0.15, -0.1) is 0 Å². The van der Waals surface area contributed by atoms with Crippen LogP contribution in [0.15, 0.2) is 21.9 Å². The lowest BCUT2D eigenvalue weighted by Gasteiger charge is -2.17. The van der Waals surface area contributed by atoms with Crippen molar-refractivity contribution in [3.05, 3.63) is 33.5 Å². The molecular weight excluding hydrogens is 235 g/mol. The molecule has 1 aliphatic rings. The molecule has 1 aromatic heterocycles. The first kappa shape index (κ1) is 10.8. The van der Waals surface area contributed by atoms with Gasteiger partial charge in [0.05, 0.1) is 11.4 Å². The number of aliphatic imine (C=N–C) groups is 1. The quantitative estimate of drug-likeness (QED) is 0.545. The van der Waals surface area contributed by atoms with E-state index in [1.807, 2.05) is 0 Å². The second-order valence-electron chi connectivity index (χ2n) is 3.19. The average Bonchev–Trinajstić information content (AvgIpc) is 2.26. The van der Waals surface area contributed by atoms with Crippen molar-refractivity contribution in [2.24, 2.45) is 12.0 Å². The van der Waals surface area contributed by atoms with Crippen LogP contribution >= 0.6 is 11.6 Å². The van der Waals surface area contributed by atoms with E-state index in [1.165, 1.54) is 30.0 Å². The summed E-state index contributed by atoms with van der Waals surface area (Å²) in [6, 6.07) is 1.23. The van der Waals surface area contributed by atoms with E-state index >= 15 is 0 Å². The van der Waals surface area contributed by atoms with Crippen LogP contribution in [0, 0.1) is 0 Å². The molecule has 0 atom stereocenters. The maximum atomic E-state index is 13.4. The molecule has 0 saturated heterocycles. The fourth-order valence-corrected chi connectivity index (χ4v) is 1.43. The number of rotatable bonds is 1. The smallest absolute Gasteiger partial charge is 0.254 e. The maximum absolute atomic E-state index is 13.4. The van der Waals surface area contributed by atoms with Crippen molar-refractivity contribution in [2.45, 2.75) is 0 Å². The molecule has 2 heterocycles. The summed E-state index contributed by atoms with van der Waals surface area (Å²) in [5, 5.41) is 0.414. The average molecular weight is 243 g/mol. The van der Waals surface area contributed by atoms with Crippen molar-refractivity contribution in [1.82, 2.24) is 14.7 Å². The highest BCUT2D eigenvalue weighted by atomic mass is 35.5. The fraction of sp³-hybridized carbons (Fsp3) is 0.222. The number of hydrogen-bond acceptors (Lipinski definition) is 4. The Morgan fingerprint density at radius 2 is 2.31 bits per heavy atom. The minimum absolute atomic E-state index is 0.0133. The lowest BCUT2D eigenvalue weighted by Crippen LogP contribution is -2.22. The van der Waals surface area contributed by atoms with Crippen LogP contribution in [-0.4, -0.2) is 27.6 Å². The van der Waals surface area contributed by atoms with Gasteiger partial charge in [-0.1, -0.05) is 4.48 Å². The zero-order valence-corrected chi connectivity index (χ0v) is 9.15. The normalized spacial score (nSPS) is 15.2. The molecule has 0 N–H and O–H groups in total. The highest BCUT2D eigenvalue weighted by Gasteiger charge is 2.16. The molecule has 16 heavy (non-hydrogen) atoms. The number of hydrogen-bond donors (Lipinski definition) is 0. The first-order valence-corrected chi connectivity index (χ1v) is 4.85. The van der Waals surface area contributed by atoms with Crippen LogP contribution in [-0.2, 0) is 7.05 Å².